The third kappa shape index (κ3) is 5.22. The molecule has 1 saturated carbocycles. The monoisotopic (exact) mass is 697 g/mol. The lowest BCUT2D eigenvalue weighted by molar-refractivity contribution is 0.0642. The molecule has 2 N–H and O–H groups in total. The molecule has 5 heteroatoms. The van der Waals surface area contributed by atoms with Gasteiger partial charge in [0.05, 0.1) is 6.61 Å². The fraction of sp³-hybridized carbons (Fsp3) is 0.333. The number of ether oxygens (including phenoxy) is 1. The minimum absolute atomic E-state index is 0.0890. The maximum absolute atomic E-state index is 9.40. The minimum atomic E-state index is -0.827. The van der Waals surface area contributed by atoms with Crippen molar-refractivity contribution in [2.24, 2.45) is 10.8 Å². The molecule has 5 aromatic carbocycles. The first-order chi connectivity index (χ1) is 24.0. The lowest BCUT2D eigenvalue weighted by atomic mass is 9.52. The van der Waals surface area contributed by atoms with Crippen LogP contribution in [0.15, 0.2) is 107 Å². The molecule has 1 aliphatic heterocycles. The van der Waals surface area contributed by atoms with Crippen LogP contribution < -0.4 is 10.1 Å². The van der Waals surface area contributed by atoms with E-state index in [2.05, 4.69) is 149 Å². The van der Waals surface area contributed by atoms with Crippen LogP contribution in [0.5, 0.6) is 5.75 Å². The van der Waals surface area contributed by atoms with E-state index in [0.29, 0.717) is 6.54 Å². The van der Waals surface area contributed by atoms with Crippen LogP contribution in [0.4, 0.5) is 5.69 Å². The Bertz CT molecular complexity index is 2120. The zero-order valence-corrected chi connectivity index (χ0v) is 31.7. The second-order valence-electron chi connectivity index (χ2n) is 16.0. The Morgan fingerprint density at radius 3 is 2.02 bits per heavy atom. The summed E-state index contributed by atoms with van der Waals surface area (Å²) in [4.78, 5) is 2.58. The van der Waals surface area contributed by atoms with Crippen molar-refractivity contribution < 1.29 is 9.84 Å². The second kappa shape index (κ2) is 12.3. The minimum Gasteiger partial charge on any atom is -0.472 e. The second-order valence-corrected chi connectivity index (χ2v) is 17.7. The molecular formula is C45H47NO2S2. The molecule has 1 fully saturated rings. The molecule has 3 nitrogen and oxygen atoms in total. The largest absolute Gasteiger partial charge is 0.472 e. The van der Waals surface area contributed by atoms with Crippen molar-refractivity contribution in [1.82, 2.24) is 0 Å². The molecule has 0 saturated heterocycles. The highest BCUT2D eigenvalue weighted by atomic mass is 32.2. The first-order valence-corrected chi connectivity index (χ1v) is 20.2. The molecule has 3 aliphatic rings. The molecule has 1 atom stereocenters. The van der Waals surface area contributed by atoms with Crippen LogP contribution in [-0.4, -0.2) is 30.8 Å². The predicted octanol–water partition coefficient (Wildman–Crippen LogP) is 11.5. The quantitative estimate of drug-likeness (QED) is 0.166. The van der Waals surface area contributed by atoms with E-state index in [9.17, 15) is 5.11 Å². The Morgan fingerprint density at radius 2 is 1.36 bits per heavy atom. The highest BCUT2D eigenvalue weighted by Gasteiger charge is 2.55. The molecular weight excluding hydrogens is 651 g/mol. The third-order valence-electron chi connectivity index (χ3n) is 11.2. The van der Waals surface area contributed by atoms with Crippen LogP contribution in [0.3, 0.4) is 0 Å². The Labute approximate surface area is 305 Å². The van der Waals surface area contributed by atoms with E-state index in [-0.39, 0.29) is 22.9 Å². The van der Waals surface area contributed by atoms with Crippen molar-refractivity contribution in [2.45, 2.75) is 67.8 Å². The molecule has 1 spiro atoms. The third-order valence-corrected chi connectivity index (χ3v) is 12.9. The van der Waals surface area contributed by atoms with Crippen molar-refractivity contribution in [3.05, 3.63) is 125 Å². The van der Waals surface area contributed by atoms with Gasteiger partial charge in [-0.1, -0.05) is 101 Å². The van der Waals surface area contributed by atoms with Gasteiger partial charge < -0.3 is 15.2 Å². The van der Waals surface area contributed by atoms with Gasteiger partial charge in [-0.2, -0.15) is 0 Å². The van der Waals surface area contributed by atoms with Crippen LogP contribution in [-0.2, 0) is 11.0 Å². The first kappa shape index (κ1) is 33.5. The molecule has 1 unspecified atom stereocenters. The number of thioether (sulfide) groups is 2. The van der Waals surface area contributed by atoms with E-state index < -0.39 is 5.60 Å². The zero-order valence-electron chi connectivity index (χ0n) is 30.0. The molecule has 256 valence electrons. The topological polar surface area (TPSA) is 41.5 Å². The SMILES string of the molecule is CSc1cc2c3c(c4c(c2cc1SC)-c1ccccc1C41CC(C)(C)CC(C)(C)C1)C=CC(c1ccccc1)(c1ccc(NCCO)cc1)O3. The molecule has 2 aliphatic carbocycles. The summed E-state index contributed by atoms with van der Waals surface area (Å²) in [7, 11) is 0. The number of rotatable bonds is 7. The van der Waals surface area contributed by atoms with Gasteiger partial charge >= 0.3 is 0 Å². The summed E-state index contributed by atoms with van der Waals surface area (Å²) >= 11 is 3.64. The summed E-state index contributed by atoms with van der Waals surface area (Å²) in [5, 5.41) is 15.2. The van der Waals surface area contributed by atoms with E-state index in [1.807, 2.05) is 11.8 Å². The molecule has 0 bridgehead atoms. The fourth-order valence-corrected chi connectivity index (χ4v) is 11.7. The average molecular weight is 698 g/mol. The van der Waals surface area contributed by atoms with Gasteiger partial charge in [0.2, 0.25) is 0 Å². The maximum Gasteiger partial charge on any atom is 0.178 e. The number of benzene rings is 5. The lowest BCUT2D eigenvalue weighted by Gasteiger charge is -2.52. The lowest BCUT2D eigenvalue weighted by Crippen LogP contribution is -2.44. The summed E-state index contributed by atoms with van der Waals surface area (Å²) in [5.41, 5.74) is 9.46. The van der Waals surface area contributed by atoms with E-state index in [0.717, 1.165) is 35.4 Å². The van der Waals surface area contributed by atoms with Crippen molar-refractivity contribution >= 4 is 46.1 Å². The smallest absolute Gasteiger partial charge is 0.178 e. The number of hydrogen-bond donors (Lipinski definition) is 2. The van der Waals surface area contributed by atoms with E-state index in [1.165, 1.54) is 54.8 Å². The van der Waals surface area contributed by atoms with Crippen molar-refractivity contribution in [1.29, 1.82) is 0 Å². The molecule has 5 aromatic rings. The predicted molar refractivity (Wildman–Crippen MR) is 214 cm³/mol. The molecule has 0 radical (unpaired) electrons. The highest BCUT2D eigenvalue weighted by molar-refractivity contribution is 8.01. The fourth-order valence-electron chi connectivity index (χ4n) is 10.2. The van der Waals surface area contributed by atoms with Gasteiger partial charge in [0.25, 0.3) is 0 Å². The first-order valence-electron chi connectivity index (χ1n) is 17.8. The highest BCUT2D eigenvalue weighted by Crippen LogP contribution is 2.67. The summed E-state index contributed by atoms with van der Waals surface area (Å²) < 4.78 is 7.70. The number of hydrogen-bond acceptors (Lipinski definition) is 5. The summed E-state index contributed by atoms with van der Waals surface area (Å²) in [6.07, 6.45) is 12.5. The zero-order chi connectivity index (χ0) is 34.9. The Balaban J connectivity index is 1.46. The number of aliphatic hydroxyl groups is 1. The summed E-state index contributed by atoms with van der Waals surface area (Å²) in [6, 6.07) is 33.3. The number of aliphatic hydroxyl groups excluding tert-OH is 1. The Kier molecular flexibility index (Phi) is 8.21. The summed E-state index contributed by atoms with van der Waals surface area (Å²) in [6.45, 7) is 10.5. The molecule has 8 rings (SSSR count). The molecule has 0 amide bonds. The van der Waals surface area contributed by atoms with Gasteiger partial charge in [-0.25, -0.2) is 0 Å². The van der Waals surface area contributed by atoms with Crippen molar-refractivity contribution in [2.75, 3.05) is 31.0 Å². The number of nitrogens with one attached hydrogen (secondary N) is 1. The number of anilines is 1. The molecule has 1 heterocycles. The summed E-state index contributed by atoms with van der Waals surface area (Å²) in [5.74, 6) is 0.976. The molecule has 0 aromatic heterocycles. The normalized spacial score (nSPS) is 20.6. The Hall–Kier alpha value is -3.64. The van der Waals surface area contributed by atoms with Crippen LogP contribution in [0.2, 0.25) is 0 Å². The van der Waals surface area contributed by atoms with Gasteiger partial charge in [0, 0.05) is 49.5 Å². The van der Waals surface area contributed by atoms with Crippen LogP contribution in [0, 0.1) is 10.8 Å². The van der Waals surface area contributed by atoms with Gasteiger partial charge in [-0.05, 0) is 101 Å². The van der Waals surface area contributed by atoms with Crippen LogP contribution >= 0.6 is 23.5 Å². The molecule has 50 heavy (non-hydrogen) atoms. The van der Waals surface area contributed by atoms with E-state index in [4.69, 9.17) is 4.74 Å². The Morgan fingerprint density at radius 1 is 0.740 bits per heavy atom. The number of fused-ring (bicyclic) bond motifs is 10. The van der Waals surface area contributed by atoms with Gasteiger partial charge in [0.1, 0.15) is 5.75 Å². The van der Waals surface area contributed by atoms with Gasteiger partial charge in [0.15, 0.2) is 5.60 Å². The van der Waals surface area contributed by atoms with Crippen molar-refractivity contribution in [3.63, 3.8) is 0 Å². The van der Waals surface area contributed by atoms with Gasteiger partial charge in [-0.3, -0.25) is 0 Å². The standard InChI is InChI=1S/C45H47NO2S2/c1-42(2)26-43(3,4)28-44(27-42)36-15-11-10-14-32(36)39-34-24-37(49-5)38(50-6)25-35(34)41-33(40(39)44)20-21-45(48-41,29-12-8-7-9-13-29)30-16-18-31(19-17-30)46-22-23-47/h7-21,24-25,46-47H,22-23,26-28H2,1-6H3. The maximum atomic E-state index is 9.40. The van der Waals surface area contributed by atoms with E-state index in [1.54, 1.807) is 11.8 Å². The van der Waals surface area contributed by atoms with Crippen molar-refractivity contribution in [3.8, 4) is 16.9 Å². The van der Waals surface area contributed by atoms with E-state index >= 15 is 0 Å². The average Bonchev–Trinajstić information content (AvgIpc) is 3.37. The van der Waals surface area contributed by atoms with Gasteiger partial charge in [-0.15, -0.1) is 23.5 Å². The van der Waals surface area contributed by atoms with Crippen LogP contribution in [0.25, 0.3) is 28.0 Å². The van der Waals surface area contributed by atoms with Crippen LogP contribution in [0.1, 0.15) is 74.8 Å².